The fourth-order valence-corrected chi connectivity index (χ4v) is 1.75. The number of methoxy groups -OCH3 is 1. The van der Waals surface area contributed by atoms with Crippen molar-refractivity contribution >= 4 is 10.2 Å². The second-order valence-electron chi connectivity index (χ2n) is 3.34. The van der Waals surface area contributed by atoms with Gasteiger partial charge in [-0.1, -0.05) is 0 Å². The zero-order valence-corrected chi connectivity index (χ0v) is 10.1. The zero-order valence-electron chi connectivity index (χ0n) is 9.25. The summed E-state index contributed by atoms with van der Waals surface area (Å²) in [6.45, 7) is -1.41. The molecule has 0 amide bonds. The number of alkyl halides is 3. The van der Waals surface area contributed by atoms with E-state index in [9.17, 15) is 21.6 Å². The van der Waals surface area contributed by atoms with Crippen LogP contribution in [0.25, 0.3) is 0 Å². The Balaban J connectivity index is 3.87. The van der Waals surface area contributed by atoms with Crippen molar-refractivity contribution < 1.29 is 26.3 Å². The minimum atomic E-state index is -4.58. The van der Waals surface area contributed by atoms with Gasteiger partial charge >= 0.3 is 6.18 Å². The molecule has 0 aromatic carbocycles. The molecule has 0 spiro atoms. The standard InChI is InChI=1S/C7H16F3N3O3S/c1-16-4-6(11)2-3-12-17(14,15)13-5-7(8,9)10/h6,12-13H,2-5,11H2,1H3. The number of halogens is 3. The largest absolute Gasteiger partial charge is 0.402 e. The van der Waals surface area contributed by atoms with Crippen LogP contribution in [0.2, 0.25) is 0 Å². The lowest BCUT2D eigenvalue weighted by molar-refractivity contribution is -0.121. The highest BCUT2D eigenvalue weighted by Crippen LogP contribution is 2.12. The minimum absolute atomic E-state index is 0.0578. The van der Waals surface area contributed by atoms with Crippen molar-refractivity contribution in [2.45, 2.75) is 18.6 Å². The van der Waals surface area contributed by atoms with Crippen LogP contribution in [0, 0.1) is 0 Å². The molecule has 0 aliphatic rings. The number of hydrogen-bond acceptors (Lipinski definition) is 4. The summed E-state index contributed by atoms with van der Waals surface area (Å²) < 4.78 is 65.3. The molecule has 4 N–H and O–H groups in total. The Labute approximate surface area is 97.9 Å². The molecular weight excluding hydrogens is 263 g/mol. The van der Waals surface area contributed by atoms with Crippen LogP contribution >= 0.6 is 0 Å². The average molecular weight is 279 g/mol. The number of hydrogen-bond donors (Lipinski definition) is 3. The Kier molecular flexibility index (Phi) is 6.94. The predicted octanol–water partition coefficient (Wildman–Crippen LogP) is -0.663. The Morgan fingerprint density at radius 1 is 1.35 bits per heavy atom. The first kappa shape index (κ1) is 16.6. The second kappa shape index (κ2) is 7.11. The van der Waals surface area contributed by atoms with Crippen molar-refractivity contribution in [3.8, 4) is 0 Å². The highest BCUT2D eigenvalue weighted by Gasteiger charge is 2.29. The van der Waals surface area contributed by atoms with E-state index in [0.29, 0.717) is 0 Å². The summed E-state index contributed by atoms with van der Waals surface area (Å²) in [7, 11) is -2.70. The molecule has 1 unspecified atom stereocenters. The van der Waals surface area contributed by atoms with Crippen molar-refractivity contribution in [2.24, 2.45) is 5.73 Å². The van der Waals surface area contributed by atoms with Crippen LogP contribution < -0.4 is 15.2 Å². The number of rotatable bonds is 8. The highest BCUT2D eigenvalue weighted by atomic mass is 32.2. The third-order valence-electron chi connectivity index (χ3n) is 1.65. The van der Waals surface area contributed by atoms with Gasteiger partial charge < -0.3 is 10.5 Å². The van der Waals surface area contributed by atoms with Crippen molar-refractivity contribution in [1.82, 2.24) is 9.44 Å². The van der Waals surface area contributed by atoms with Gasteiger partial charge in [0.15, 0.2) is 0 Å². The van der Waals surface area contributed by atoms with Gasteiger partial charge in [-0.25, -0.2) is 4.72 Å². The van der Waals surface area contributed by atoms with Crippen LogP contribution in [0.15, 0.2) is 0 Å². The summed E-state index contributed by atoms with van der Waals surface area (Å²) in [5.74, 6) is 0. The Morgan fingerprint density at radius 3 is 2.41 bits per heavy atom. The van der Waals surface area contributed by atoms with E-state index in [-0.39, 0.29) is 25.6 Å². The molecule has 10 heteroatoms. The molecule has 0 rings (SSSR count). The van der Waals surface area contributed by atoms with Crippen molar-refractivity contribution in [2.75, 3.05) is 26.8 Å². The summed E-state index contributed by atoms with van der Waals surface area (Å²) in [5, 5.41) is 0. The van der Waals surface area contributed by atoms with E-state index in [1.807, 2.05) is 4.72 Å². The van der Waals surface area contributed by atoms with Gasteiger partial charge in [0.2, 0.25) is 0 Å². The molecule has 0 aromatic rings. The first-order valence-electron chi connectivity index (χ1n) is 4.72. The molecule has 104 valence electrons. The van der Waals surface area contributed by atoms with E-state index in [0.717, 1.165) is 0 Å². The molecule has 0 saturated heterocycles. The van der Waals surface area contributed by atoms with Gasteiger partial charge in [0.1, 0.15) is 6.54 Å². The van der Waals surface area contributed by atoms with Gasteiger partial charge in [-0.05, 0) is 6.42 Å². The van der Waals surface area contributed by atoms with Crippen LogP contribution in [-0.2, 0) is 14.9 Å². The van der Waals surface area contributed by atoms with Crippen LogP contribution in [-0.4, -0.2) is 47.4 Å². The minimum Gasteiger partial charge on any atom is -0.383 e. The normalized spacial score (nSPS) is 14.9. The molecule has 0 saturated carbocycles. The maximum Gasteiger partial charge on any atom is 0.402 e. The first-order valence-corrected chi connectivity index (χ1v) is 6.20. The number of ether oxygens (including phenoxy) is 1. The molecule has 0 aliphatic carbocycles. The fourth-order valence-electron chi connectivity index (χ4n) is 0.904. The zero-order chi connectivity index (χ0) is 13.5. The second-order valence-corrected chi connectivity index (χ2v) is 4.92. The van der Waals surface area contributed by atoms with Gasteiger partial charge in [0, 0.05) is 19.7 Å². The van der Waals surface area contributed by atoms with Crippen molar-refractivity contribution in [1.29, 1.82) is 0 Å². The topological polar surface area (TPSA) is 93.4 Å². The molecule has 6 nitrogen and oxygen atoms in total. The highest BCUT2D eigenvalue weighted by molar-refractivity contribution is 7.87. The number of nitrogens with one attached hydrogen (secondary N) is 2. The average Bonchev–Trinajstić information content (AvgIpc) is 2.14. The maximum atomic E-state index is 11.7. The summed E-state index contributed by atoms with van der Waals surface area (Å²) >= 11 is 0. The Bertz CT molecular complexity index is 307. The van der Waals surface area contributed by atoms with Gasteiger partial charge in [-0.3, -0.25) is 0 Å². The van der Waals surface area contributed by atoms with E-state index in [4.69, 9.17) is 10.5 Å². The lowest BCUT2D eigenvalue weighted by atomic mass is 10.2. The summed E-state index contributed by atoms with van der Waals surface area (Å²) in [5.41, 5.74) is 5.50. The van der Waals surface area contributed by atoms with Crippen molar-refractivity contribution in [3.05, 3.63) is 0 Å². The van der Waals surface area contributed by atoms with Gasteiger partial charge in [-0.15, -0.1) is 0 Å². The SMILES string of the molecule is COCC(N)CCNS(=O)(=O)NCC(F)(F)F. The maximum absolute atomic E-state index is 11.7. The molecule has 0 radical (unpaired) electrons. The third kappa shape index (κ3) is 10.5. The quantitative estimate of drug-likeness (QED) is 0.549. The molecule has 0 fully saturated rings. The number of nitrogens with two attached hydrogens (primary N) is 1. The monoisotopic (exact) mass is 279 g/mol. The Hall–Kier alpha value is -0.420. The molecule has 0 aliphatic heterocycles. The fraction of sp³-hybridized carbons (Fsp3) is 1.00. The third-order valence-corrected chi connectivity index (χ3v) is 2.76. The lowest BCUT2D eigenvalue weighted by Gasteiger charge is -2.12. The molecule has 0 heterocycles. The summed E-state index contributed by atoms with van der Waals surface area (Å²) in [6.07, 6.45) is -4.32. The molecular formula is C7H16F3N3O3S. The summed E-state index contributed by atoms with van der Waals surface area (Å²) in [6, 6.07) is -0.370. The van der Waals surface area contributed by atoms with Crippen LogP contribution in [0.5, 0.6) is 0 Å². The molecule has 1 atom stereocenters. The van der Waals surface area contributed by atoms with Gasteiger partial charge in [0.05, 0.1) is 6.61 Å². The predicted molar refractivity (Wildman–Crippen MR) is 55.4 cm³/mol. The van der Waals surface area contributed by atoms with Gasteiger partial charge in [-0.2, -0.15) is 26.3 Å². The van der Waals surface area contributed by atoms with Crippen LogP contribution in [0.3, 0.4) is 0 Å². The smallest absolute Gasteiger partial charge is 0.383 e. The Morgan fingerprint density at radius 2 is 1.94 bits per heavy atom. The molecule has 0 bridgehead atoms. The van der Waals surface area contributed by atoms with Crippen molar-refractivity contribution in [3.63, 3.8) is 0 Å². The van der Waals surface area contributed by atoms with E-state index in [1.165, 1.54) is 11.8 Å². The van der Waals surface area contributed by atoms with E-state index >= 15 is 0 Å². The van der Waals surface area contributed by atoms with Gasteiger partial charge in [0.25, 0.3) is 10.2 Å². The van der Waals surface area contributed by atoms with E-state index in [2.05, 4.69) is 0 Å². The summed E-state index contributed by atoms with van der Waals surface area (Å²) in [4.78, 5) is 0. The molecule has 17 heavy (non-hydrogen) atoms. The lowest BCUT2D eigenvalue weighted by Crippen LogP contribution is -2.43. The first-order chi connectivity index (χ1) is 7.66. The van der Waals surface area contributed by atoms with Crippen LogP contribution in [0.4, 0.5) is 13.2 Å². The molecule has 0 aromatic heterocycles. The van der Waals surface area contributed by atoms with E-state index in [1.54, 1.807) is 0 Å². The van der Waals surface area contributed by atoms with E-state index < -0.39 is 22.9 Å². The van der Waals surface area contributed by atoms with Crippen LogP contribution in [0.1, 0.15) is 6.42 Å².